The van der Waals surface area contributed by atoms with E-state index in [1.165, 1.54) is 0 Å². The number of benzene rings is 1. The molecule has 1 aliphatic rings. The average molecular weight is 396 g/mol. The molecule has 1 atom stereocenters. The van der Waals surface area contributed by atoms with Gasteiger partial charge in [-0.1, -0.05) is 38.1 Å². The van der Waals surface area contributed by atoms with Crippen molar-refractivity contribution >= 4 is 11.8 Å². The Balaban J connectivity index is 1.97. The number of nitrogens with one attached hydrogen (secondary N) is 1. The number of carbonyl (C=O) groups is 2. The molecule has 1 N–H and O–H groups in total. The van der Waals surface area contributed by atoms with Crippen LogP contribution in [0, 0.1) is 5.92 Å². The van der Waals surface area contributed by atoms with Crippen LogP contribution in [-0.2, 0) is 20.7 Å². The third kappa shape index (κ3) is 4.65. The molecule has 6 nitrogen and oxygen atoms in total. The van der Waals surface area contributed by atoms with Crippen LogP contribution in [-0.4, -0.2) is 53.5 Å². The van der Waals surface area contributed by atoms with Crippen LogP contribution < -0.4 is 5.32 Å². The molecule has 0 spiro atoms. The summed E-state index contributed by atoms with van der Waals surface area (Å²) >= 11 is 0. The Morgan fingerprint density at radius 3 is 2.62 bits per heavy atom. The molecule has 2 heterocycles. The van der Waals surface area contributed by atoms with Crippen molar-refractivity contribution in [3.63, 3.8) is 0 Å². The lowest BCUT2D eigenvalue weighted by Crippen LogP contribution is -2.62. The van der Waals surface area contributed by atoms with Crippen molar-refractivity contribution < 1.29 is 14.3 Å². The summed E-state index contributed by atoms with van der Waals surface area (Å²) in [7, 11) is 0. The van der Waals surface area contributed by atoms with E-state index < -0.39 is 5.60 Å². The van der Waals surface area contributed by atoms with E-state index in [0.717, 1.165) is 16.7 Å². The van der Waals surface area contributed by atoms with Crippen molar-refractivity contribution in [2.75, 3.05) is 26.2 Å². The third-order valence-corrected chi connectivity index (χ3v) is 5.23. The third-order valence-electron chi connectivity index (χ3n) is 5.23. The minimum Gasteiger partial charge on any atom is -0.361 e. The summed E-state index contributed by atoms with van der Waals surface area (Å²) in [5.41, 5.74) is 1.97. The number of aromatic nitrogens is 1. The van der Waals surface area contributed by atoms with Gasteiger partial charge in [0.05, 0.1) is 13.2 Å². The topological polar surface area (TPSA) is 71.5 Å². The van der Waals surface area contributed by atoms with Crippen molar-refractivity contribution in [1.82, 2.24) is 15.2 Å². The first-order valence-corrected chi connectivity index (χ1v) is 10.2. The Morgan fingerprint density at radius 2 is 1.93 bits per heavy atom. The molecule has 3 rings (SSSR count). The van der Waals surface area contributed by atoms with E-state index in [1.807, 2.05) is 57.2 Å². The smallest absolute Gasteiger partial charge is 0.254 e. The summed E-state index contributed by atoms with van der Waals surface area (Å²) < 4.78 is 6.12. The Kier molecular flexibility index (Phi) is 6.64. The molecule has 1 fully saturated rings. The van der Waals surface area contributed by atoms with Crippen LogP contribution in [0.25, 0.3) is 11.1 Å². The fraction of sp³-hybridized carbons (Fsp3) is 0.435. The van der Waals surface area contributed by atoms with E-state index in [2.05, 4.69) is 10.3 Å². The zero-order chi connectivity index (χ0) is 20.9. The molecule has 2 aromatic rings. The van der Waals surface area contributed by atoms with Gasteiger partial charge < -0.3 is 15.0 Å². The number of amides is 2. The molecule has 0 aliphatic carbocycles. The van der Waals surface area contributed by atoms with Crippen molar-refractivity contribution in [3.8, 4) is 11.1 Å². The van der Waals surface area contributed by atoms with Crippen LogP contribution in [0.3, 0.4) is 0 Å². The summed E-state index contributed by atoms with van der Waals surface area (Å²) in [5.74, 6) is -0.251. The summed E-state index contributed by atoms with van der Waals surface area (Å²) in [6, 6.07) is 11.9. The molecule has 154 valence electrons. The highest BCUT2D eigenvalue weighted by Crippen LogP contribution is 2.30. The van der Waals surface area contributed by atoms with Gasteiger partial charge in [0.15, 0.2) is 5.60 Å². The number of likely N-dealkylation sites (N-methyl/N-ethyl adjacent to an activating group) is 1. The van der Waals surface area contributed by atoms with Crippen LogP contribution in [0.15, 0.2) is 48.8 Å². The van der Waals surface area contributed by atoms with Crippen LogP contribution in [0.4, 0.5) is 0 Å². The molecule has 1 aromatic heterocycles. The first-order valence-electron chi connectivity index (χ1n) is 10.2. The van der Waals surface area contributed by atoms with Crippen LogP contribution in [0.2, 0.25) is 0 Å². The highest BCUT2D eigenvalue weighted by molar-refractivity contribution is 5.88. The molecule has 0 radical (unpaired) electrons. The standard InChI is InChI=1S/C23H29N3O3/c1-4-25-22(28)23(16-26(13-14-29-23)21(27)17(2)3)15-19-7-5-6-8-20(19)18-9-11-24-12-10-18/h5-12,17H,4,13-16H2,1-3H3,(H,25,28)/t23-/m1/s1. The Morgan fingerprint density at radius 1 is 1.21 bits per heavy atom. The first kappa shape index (κ1) is 21.0. The summed E-state index contributed by atoms with van der Waals surface area (Å²) in [6.07, 6.45) is 3.90. The van der Waals surface area contributed by atoms with E-state index in [-0.39, 0.29) is 24.3 Å². The van der Waals surface area contributed by atoms with E-state index in [1.54, 1.807) is 17.3 Å². The Bertz CT molecular complexity index is 853. The maximum Gasteiger partial charge on any atom is 0.254 e. The predicted molar refractivity (Wildman–Crippen MR) is 112 cm³/mol. The fourth-order valence-corrected chi connectivity index (χ4v) is 3.78. The number of pyridine rings is 1. The number of hydrogen-bond donors (Lipinski definition) is 1. The molecule has 1 saturated heterocycles. The zero-order valence-corrected chi connectivity index (χ0v) is 17.4. The Labute approximate surface area is 172 Å². The van der Waals surface area contributed by atoms with Gasteiger partial charge >= 0.3 is 0 Å². The molecule has 2 amide bonds. The van der Waals surface area contributed by atoms with Gasteiger partial charge in [-0.25, -0.2) is 0 Å². The van der Waals surface area contributed by atoms with Crippen LogP contribution in [0.1, 0.15) is 26.3 Å². The van der Waals surface area contributed by atoms with Crippen LogP contribution in [0.5, 0.6) is 0 Å². The van der Waals surface area contributed by atoms with Crippen molar-refractivity contribution in [1.29, 1.82) is 0 Å². The van der Waals surface area contributed by atoms with E-state index >= 15 is 0 Å². The largest absolute Gasteiger partial charge is 0.361 e. The Hall–Kier alpha value is -2.73. The molecular formula is C23H29N3O3. The predicted octanol–water partition coefficient (Wildman–Crippen LogP) is 2.68. The minimum absolute atomic E-state index is 0.0457. The number of ether oxygens (including phenoxy) is 1. The van der Waals surface area contributed by atoms with Gasteiger partial charge in [-0.05, 0) is 35.7 Å². The quantitative estimate of drug-likeness (QED) is 0.816. The molecule has 0 saturated carbocycles. The van der Waals surface area contributed by atoms with Crippen molar-refractivity contribution in [2.24, 2.45) is 5.92 Å². The summed E-state index contributed by atoms with van der Waals surface area (Å²) in [5, 5.41) is 2.91. The second-order valence-corrected chi connectivity index (χ2v) is 7.69. The van der Waals surface area contributed by atoms with E-state index in [4.69, 9.17) is 4.74 Å². The second kappa shape index (κ2) is 9.18. The zero-order valence-electron chi connectivity index (χ0n) is 17.4. The fourth-order valence-electron chi connectivity index (χ4n) is 3.78. The lowest BCUT2D eigenvalue weighted by Gasteiger charge is -2.42. The molecular weight excluding hydrogens is 366 g/mol. The highest BCUT2D eigenvalue weighted by atomic mass is 16.5. The van der Waals surface area contributed by atoms with Gasteiger partial charge in [-0.3, -0.25) is 14.6 Å². The lowest BCUT2D eigenvalue weighted by atomic mass is 9.87. The highest BCUT2D eigenvalue weighted by Gasteiger charge is 2.45. The van der Waals surface area contributed by atoms with Gasteiger partial charge in [-0.15, -0.1) is 0 Å². The maximum atomic E-state index is 13.1. The second-order valence-electron chi connectivity index (χ2n) is 7.69. The number of nitrogens with zero attached hydrogens (tertiary/aromatic N) is 2. The van der Waals surface area contributed by atoms with E-state index in [0.29, 0.717) is 26.1 Å². The van der Waals surface area contributed by atoms with Gasteiger partial charge in [0.25, 0.3) is 5.91 Å². The summed E-state index contributed by atoms with van der Waals surface area (Å²) in [4.78, 5) is 31.6. The molecule has 29 heavy (non-hydrogen) atoms. The van der Waals surface area contributed by atoms with Gasteiger partial charge in [0.1, 0.15) is 0 Å². The monoisotopic (exact) mass is 395 g/mol. The molecule has 1 aliphatic heterocycles. The number of morpholine rings is 1. The minimum atomic E-state index is -1.11. The number of hydrogen-bond acceptors (Lipinski definition) is 4. The van der Waals surface area contributed by atoms with E-state index in [9.17, 15) is 9.59 Å². The summed E-state index contributed by atoms with van der Waals surface area (Å²) in [6.45, 7) is 7.25. The molecule has 0 bridgehead atoms. The van der Waals surface area contributed by atoms with Crippen molar-refractivity contribution in [2.45, 2.75) is 32.8 Å². The van der Waals surface area contributed by atoms with Gasteiger partial charge in [-0.2, -0.15) is 0 Å². The molecule has 0 unspecified atom stereocenters. The lowest BCUT2D eigenvalue weighted by molar-refractivity contribution is -0.167. The molecule has 1 aromatic carbocycles. The average Bonchev–Trinajstić information content (AvgIpc) is 2.74. The SMILES string of the molecule is CCNC(=O)[C@@]1(Cc2ccccc2-c2ccncc2)CN(C(=O)C(C)C)CCO1. The number of rotatable bonds is 6. The van der Waals surface area contributed by atoms with Crippen molar-refractivity contribution in [3.05, 3.63) is 54.4 Å². The molecule has 6 heteroatoms. The van der Waals surface area contributed by atoms with Crippen LogP contribution >= 0.6 is 0 Å². The number of carbonyl (C=O) groups excluding carboxylic acids is 2. The normalized spacial score (nSPS) is 19.2. The van der Waals surface area contributed by atoms with Gasteiger partial charge in [0, 0.05) is 37.8 Å². The van der Waals surface area contributed by atoms with Gasteiger partial charge in [0.2, 0.25) is 5.91 Å². The maximum absolute atomic E-state index is 13.1. The first-order chi connectivity index (χ1) is 14.0.